The van der Waals surface area contributed by atoms with E-state index in [-0.39, 0.29) is 5.54 Å². The first-order valence-corrected chi connectivity index (χ1v) is 6.63. The molecule has 90 valence electrons. The SMILES string of the molecule is C#CC(CC)(CC)NC(=S)NC1CCCC1. The van der Waals surface area contributed by atoms with Gasteiger partial charge in [0.05, 0.1) is 5.54 Å². The van der Waals surface area contributed by atoms with Gasteiger partial charge in [0.2, 0.25) is 0 Å². The molecule has 0 aromatic heterocycles. The van der Waals surface area contributed by atoms with Gasteiger partial charge in [-0.1, -0.05) is 32.6 Å². The summed E-state index contributed by atoms with van der Waals surface area (Å²) in [5, 5.41) is 7.37. The van der Waals surface area contributed by atoms with E-state index in [1.807, 2.05) is 0 Å². The maximum atomic E-state index is 5.59. The fourth-order valence-corrected chi connectivity index (χ4v) is 2.54. The number of thiocarbonyl (C=S) groups is 1. The lowest BCUT2D eigenvalue weighted by Crippen LogP contribution is -2.52. The summed E-state index contributed by atoms with van der Waals surface area (Å²) in [6.07, 6.45) is 12.4. The van der Waals surface area contributed by atoms with E-state index < -0.39 is 0 Å². The quantitative estimate of drug-likeness (QED) is 0.581. The summed E-state index contributed by atoms with van der Waals surface area (Å²) in [5.74, 6) is 2.83. The largest absolute Gasteiger partial charge is 0.360 e. The number of hydrogen-bond acceptors (Lipinski definition) is 1. The smallest absolute Gasteiger partial charge is 0.167 e. The van der Waals surface area contributed by atoms with Crippen LogP contribution >= 0.6 is 12.2 Å². The van der Waals surface area contributed by atoms with Crippen LogP contribution in [-0.2, 0) is 0 Å². The van der Waals surface area contributed by atoms with E-state index >= 15 is 0 Å². The van der Waals surface area contributed by atoms with Gasteiger partial charge in [-0.15, -0.1) is 6.42 Å². The zero-order chi connectivity index (χ0) is 12.0. The predicted octanol–water partition coefficient (Wildman–Crippen LogP) is 2.59. The van der Waals surface area contributed by atoms with Gasteiger partial charge in [0, 0.05) is 6.04 Å². The van der Waals surface area contributed by atoms with E-state index in [0.29, 0.717) is 11.2 Å². The number of rotatable bonds is 4. The van der Waals surface area contributed by atoms with Gasteiger partial charge < -0.3 is 10.6 Å². The Balaban J connectivity index is 2.45. The maximum Gasteiger partial charge on any atom is 0.167 e. The minimum absolute atomic E-state index is 0.275. The summed E-state index contributed by atoms with van der Waals surface area (Å²) >= 11 is 5.32. The normalized spacial score (nSPS) is 16.8. The zero-order valence-corrected chi connectivity index (χ0v) is 11.1. The van der Waals surface area contributed by atoms with Gasteiger partial charge in [0.15, 0.2) is 5.11 Å². The van der Waals surface area contributed by atoms with Crippen LogP contribution in [0.4, 0.5) is 0 Å². The maximum absolute atomic E-state index is 5.59. The molecule has 0 heterocycles. The van der Waals surface area contributed by atoms with Crippen molar-refractivity contribution in [2.45, 2.75) is 64.0 Å². The van der Waals surface area contributed by atoms with E-state index in [1.165, 1.54) is 25.7 Å². The average Bonchev–Trinajstić information content (AvgIpc) is 2.79. The summed E-state index contributed by atoms with van der Waals surface area (Å²) in [4.78, 5) is 0. The van der Waals surface area contributed by atoms with E-state index in [0.717, 1.165) is 12.8 Å². The van der Waals surface area contributed by atoms with Crippen molar-refractivity contribution in [2.24, 2.45) is 0 Å². The Morgan fingerprint density at radius 3 is 2.38 bits per heavy atom. The number of nitrogens with one attached hydrogen (secondary N) is 2. The molecule has 1 aliphatic carbocycles. The van der Waals surface area contributed by atoms with E-state index in [1.54, 1.807) is 0 Å². The van der Waals surface area contributed by atoms with Crippen molar-refractivity contribution in [3.63, 3.8) is 0 Å². The summed E-state index contributed by atoms with van der Waals surface area (Å²) in [5.41, 5.74) is -0.275. The van der Waals surface area contributed by atoms with Gasteiger partial charge in [-0.25, -0.2) is 0 Å². The first-order valence-electron chi connectivity index (χ1n) is 6.22. The molecule has 0 saturated heterocycles. The predicted molar refractivity (Wildman–Crippen MR) is 73.3 cm³/mol. The van der Waals surface area contributed by atoms with Crippen molar-refractivity contribution in [1.29, 1.82) is 0 Å². The van der Waals surface area contributed by atoms with Crippen LogP contribution < -0.4 is 10.6 Å². The van der Waals surface area contributed by atoms with Gasteiger partial charge in [-0.2, -0.15) is 0 Å². The average molecular weight is 238 g/mol. The second-order valence-electron chi connectivity index (χ2n) is 4.51. The molecule has 2 nitrogen and oxygen atoms in total. The molecule has 3 heteroatoms. The minimum atomic E-state index is -0.275. The fourth-order valence-electron chi connectivity index (χ4n) is 2.18. The number of hydrogen-bond donors (Lipinski definition) is 2. The molecule has 0 amide bonds. The molecule has 0 radical (unpaired) electrons. The van der Waals surface area contributed by atoms with Crippen LogP contribution in [0.25, 0.3) is 0 Å². The summed E-state index contributed by atoms with van der Waals surface area (Å²) in [6, 6.07) is 0.546. The lowest BCUT2D eigenvalue weighted by atomic mass is 9.94. The minimum Gasteiger partial charge on any atom is -0.360 e. The lowest BCUT2D eigenvalue weighted by molar-refractivity contribution is 0.451. The van der Waals surface area contributed by atoms with Crippen molar-refractivity contribution < 1.29 is 0 Å². The fraction of sp³-hybridized carbons (Fsp3) is 0.769. The van der Waals surface area contributed by atoms with Crippen LogP contribution in [-0.4, -0.2) is 16.7 Å². The van der Waals surface area contributed by atoms with E-state index in [2.05, 4.69) is 30.4 Å². The second kappa shape index (κ2) is 6.10. The standard InChI is InChI=1S/C13H22N2S/c1-4-13(5-2,6-3)15-12(16)14-11-9-7-8-10-11/h1,11H,5-10H2,2-3H3,(H2,14,15,16). The second-order valence-corrected chi connectivity index (χ2v) is 4.92. The lowest BCUT2D eigenvalue weighted by Gasteiger charge is -2.29. The molecule has 1 aliphatic rings. The molecular formula is C13H22N2S. The molecule has 1 rings (SSSR count). The topological polar surface area (TPSA) is 24.1 Å². The van der Waals surface area contributed by atoms with Gasteiger partial charge in [-0.05, 0) is 37.9 Å². The Morgan fingerprint density at radius 2 is 1.94 bits per heavy atom. The molecule has 0 aromatic rings. The third kappa shape index (κ3) is 3.38. The van der Waals surface area contributed by atoms with Crippen LogP contribution in [0.1, 0.15) is 52.4 Å². The highest BCUT2D eigenvalue weighted by Crippen LogP contribution is 2.18. The Labute approximate surface area is 105 Å². The molecule has 1 saturated carbocycles. The Bertz CT molecular complexity index is 270. The van der Waals surface area contributed by atoms with Crippen LogP contribution in [0.15, 0.2) is 0 Å². The van der Waals surface area contributed by atoms with Crippen LogP contribution in [0, 0.1) is 12.3 Å². The highest BCUT2D eigenvalue weighted by Gasteiger charge is 2.25. The molecule has 2 N–H and O–H groups in total. The monoisotopic (exact) mass is 238 g/mol. The van der Waals surface area contributed by atoms with Crippen molar-refractivity contribution in [3.8, 4) is 12.3 Å². The molecule has 0 unspecified atom stereocenters. The van der Waals surface area contributed by atoms with Crippen LogP contribution in [0.3, 0.4) is 0 Å². The third-order valence-corrected chi connectivity index (χ3v) is 3.75. The summed E-state index contributed by atoms with van der Waals surface area (Å²) < 4.78 is 0. The van der Waals surface area contributed by atoms with E-state index in [9.17, 15) is 0 Å². The van der Waals surface area contributed by atoms with Crippen LogP contribution in [0.5, 0.6) is 0 Å². The Morgan fingerprint density at radius 1 is 1.38 bits per heavy atom. The molecule has 1 fully saturated rings. The first-order chi connectivity index (χ1) is 7.65. The summed E-state index contributed by atoms with van der Waals surface area (Å²) in [7, 11) is 0. The molecule has 0 aliphatic heterocycles. The summed E-state index contributed by atoms with van der Waals surface area (Å²) in [6.45, 7) is 4.18. The van der Waals surface area contributed by atoms with Gasteiger partial charge in [-0.3, -0.25) is 0 Å². The number of terminal acetylenes is 1. The Hall–Kier alpha value is -0.750. The van der Waals surface area contributed by atoms with Gasteiger partial charge in [0.25, 0.3) is 0 Å². The molecule has 0 atom stereocenters. The molecular weight excluding hydrogens is 216 g/mol. The molecule has 0 bridgehead atoms. The van der Waals surface area contributed by atoms with Crippen LogP contribution in [0.2, 0.25) is 0 Å². The van der Waals surface area contributed by atoms with E-state index in [4.69, 9.17) is 18.6 Å². The molecule has 0 spiro atoms. The Kier molecular flexibility index (Phi) is 5.08. The van der Waals surface area contributed by atoms with Crippen molar-refractivity contribution in [1.82, 2.24) is 10.6 Å². The van der Waals surface area contributed by atoms with Gasteiger partial charge >= 0.3 is 0 Å². The third-order valence-electron chi connectivity index (χ3n) is 3.53. The van der Waals surface area contributed by atoms with Crippen molar-refractivity contribution in [2.75, 3.05) is 0 Å². The highest BCUT2D eigenvalue weighted by molar-refractivity contribution is 7.80. The highest BCUT2D eigenvalue weighted by atomic mass is 32.1. The van der Waals surface area contributed by atoms with Gasteiger partial charge in [0.1, 0.15) is 0 Å². The van der Waals surface area contributed by atoms with Crippen molar-refractivity contribution in [3.05, 3.63) is 0 Å². The van der Waals surface area contributed by atoms with Crippen molar-refractivity contribution >= 4 is 17.3 Å². The molecule has 0 aromatic carbocycles. The molecule has 16 heavy (non-hydrogen) atoms. The zero-order valence-electron chi connectivity index (χ0n) is 10.3. The first kappa shape index (κ1) is 13.3.